The molecule has 0 spiro atoms. The van der Waals surface area contributed by atoms with E-state index in [0.717, 1.165) is 22.5 Å². The van der Waals surface area contributed by atoms with Gasteiger partial charge in [0.05, 0.1) is 24.6 Å². The summed E-state index contributed by atoms with van der Waals surface area (Å²) in [4.78, 5) is 19.5. The van der Waals surface area contributed by atoms with E-state index < -0.39 is 0 Å². The van der Waals surface area contributed by atoms with Crippen LogP contribution in [0.1, 0.15) is 10.5 Å². The average molecular weight is 384 g/mol. The summed E-state index contributed by atoms with van der Waals surface area (Å²) in [5, 5.41) is 4.62. The van der Waals surface area contributed by atoms with Crippen molar-refractivity contribution in [2.75, 3.05) is 26.3 Å². The molecule has 4 aromatic rings. The number of nitrogens with zero attached hydrogens (tertiary/aromatic N) is 4. The van der Waals surface area contributed by atoms with Gasteiger partial charge in [-0.1, -0.05) is 60.7 Å². The number of rotatable bonds is 3. The highest BCUT2D eigenvalue weighted by Gasteiger charge is 2.22. The summed E-state index contributed by atoms with van der Waals surface area (Å²) in [5.41, 5.74) is 4.85. The average Bonchev–Trinajstić information content (AvgIpc) is 3.24. The third-order valence-electron chi connectivity index (χ3n) is 5.08. The second-order valence-corrected chi connectivity index (χ2v) is 6.96. The van der Waals surface area contributed by atoms with Crippen LogP contribution in [0, 0.1) is 0 Å². The molecule has 0 atom stereocenters. The molecule has 1 saturated heterocycles. The summed E-state index contributed by atoms with van der Waals surface area (Å²) < 4.78 is 7.11. The van der Waals surface area contributed by atoms with Gasteiger partial charge in [0, 0.05) is 30.3 Å². The van der Waals surface area contributed by atoms with Gasteiger partial charge in [-0.3, -0.25) is 4.79 Å². The van der Waals surface area contributed by atoms with Gasteiger partial charge in [0.25, 0.3) is 5.91 Å². The molecule has 1 amide bonds. The fourth-order valence-electron chi connectivity index (χ4n) is 3.58. The number of benzene rings is 2. The van der Waals surface area contributed by atoms with E-state index in [1.807, 2.05) is 66.7 Å². The van der Waals surface area contributed by atoms with Crippen molar-refractivity contribution >= 4 is 11.6 Å². The summed E-state index contributed by atoms with van der Waals surface area (Å²) in [6.07, 6.45) is 0. The Hall–Kier alpha value is -3.51. The summed E-state index contributed by atoms with van der Waals surface area (Å²) >= 11 is 0. The fourth-order valence-corrected chi connectivity index (χ4v) is 3.58. The third-order valence-corrected chi connectivity index (χ3v) is 5.08. The van der Waals surface area contributed by atoms with Crippen LogP contribution in [0.3, 0.4) is 0 Å². The molecule has 1 aliphatic heterocycles. The van der Waals surface area contributed by atoms with Crippen molar-refractivity contribution in [1.29, 1.82) is 0 Å². The van der Waals surface area contributed by atoms with Crippen LogP contribution in [0.5, 0.6) is 0 Å². The number of hydrogen-bond acceptors (Lipinski definition) is 4. The molecule has 0 radical (unpaired) electrons. The maximum absolute atomic E-state index is 12.9. The van der Waals surface area contributed by atoms with Gasteiger partial charge in [0.1, 0.15) is 0 Å². The van der Waals surface area contributed by atoms with Gasteiger partial charge in [-0.2, -0.15) is 5.10 Å². The number of amides is 1. The highest BCUT2D eigenvalue weighted by Crippen LogP contribution is 2.26. The van der Waals surface area contributed by atoms with Crippen molar-refractivity contribution in [1.82, 2.24) is 19.5 Å². The van der Waals surface area contributed by atoms with Crippen LogP contribution in [0.25, 0.3) is 28.2 Å². The lowest BCUT2D eigenvalue weighted by Gasteiger charge is -2.25. The predicted molar refractivity (Wildman–Crippen MR) is 111 cm³/mol. The van der Waals surface area contributed by atoms with Crippen molar-refractivity contribution < 1.29 is 9.53 Å². The van der Waals surface area contributed by atoms with Crippen LogP contribution >= 0.6 is 0 Å². The lowest BCUT2D eigenvalue weighted by Crippen LogP contribution is -2.40. The van der Waals surface area contributed by atoms with Gasteiger partial charge in [-0.15, -0.1) is 0 Å². The summed E-state index contributed by atoms with van der Waals surface area (Å²) in [6.45, 7) is 2.29. The molecule has 0 saturated carbocycles. The minimum atomic E-state index is -0.0842. The number of hydrogen-bond donors (Lipinski definition) is 0. The van der Waals surface area contributed by atoms with E-state index in [2.05, 4.69) is 5.10 Å². The van der Waals surface area contributed by atoms with E-state index in [4.69, 9.17) is 9.72 Å². The van der Waals surface area contributed by atoms with Crippen LogP contribution in [-0.2, 0) is 4.74 Å². The normalized spacial score (nSPS) is 14.3. The minimum absolute atomic E-state index is 0.0842. The Morgan fingerprint density at radius 1 is 0.862 bits per heavy atom. The summed E-state index contributed by atoms with van der Waals surface area (Å²) in [5.74, 6) is -0.0842. The second-order valence-electron chi connectivity index (χ2n) is 6.96. The lowest BCUT2D eigenvalue weighted by atomic mass is 10.1. The van der Waals surface area contributed by atoms with E-state index in [1.165, 1.54) is 0 Å². The van der Waals surface area contributed by atoms with Crippen molar-refractivity contribution in [2.45, 2.75) is 0 Å². The highest BCUT2D eigenvalue weighted by atomic mass is 16.5. The topological polar surface area (TPSA) is 59.7 Å². The number of morpholine rings is 1. The molecule has 2 aromatic carbocycles. The van der Waals surface area contributed by atoms with E-state index in [0.29, 0.717) is 37.6 Å². The Labute approximate surface area is 168 Å². The standard InChI is InChI=1S/C23H20N4O2/c28-23(26-11-13-29-14-12-26)20-16-22-24-19(17-7-3-1-4-8-17)15-21(27(22)25-20)18-9-5-2-6-10-18/h1-10,15-16H,11-14H2. The number of fused-ring (bicyclic) bond motifs is 1. The lowest BCUT2D eigenvalue weighted by molar-refractivity contribution is 0.0299. The van der Waals surface area contributed by atoms with Crippen LogP contribution < -0.4 is 0 Å². The molecule has 1 aliphatic rings. The SMILES string of the molecule is O=C(c1cc2nc(-c3ccccc3)cc(-c3ccccc3)n2n1)N1CCOCC1. The monoisotopic (exact) mass is 384 g/mol. The Morgan fingerprint density at radius 2 is 1.52 bits per heavy atom. The summed E-state index contributed by atoms with van der Waals surface area (Å²) in [6, 6.07) is 23.9. The number of ether oxygens (including phenoxy) is 1. The van der Waals surface area contributed by atoms with Crippen molar-refractivity contribution in [3.63, 3.8) is 0 Å². The Kier molecular flexibility index (Phi) is 4.54. The van der Waals surface area contributed by atoms with Crippen LogP contribution in [0.15, 0.2) is 72.8 Å². The molecule has 6 heteroatoms. The predicted octanol–water partition coefficient (Wildman–Crippen LogP) is 3.54. The zero-order chi connectivity index (χ0) is 19.6. The Morgan fingerprint density at radius 3 is 2.21 bits per heavy atom. The molecular formula is C23H20N4O2. The first-order valence-corrected chi connectivity index (χ1v) is 9.68. The fraction of sp³-hybridized carbons (Fsp3) is 0.174. The first-order chi connectivity index (χ1) is 14.3. The summed E-state index contributed by atoms with van der Waals surface area (Å²) in [7, 11) is 0. The van der Waals surface area contributed by atoms with Crippen molar-refractivity contribution in [3.8, 4) is 22.5 Å². The van der Waals surface area contributed by atoms with Gasteiger partial charge >= 0.3 is 0 Å². The van der Waals surface area contributed by atoms with Crippen molar-refractivity contribution in [2.24, 2.45) is 0 Å². The van der Waals surface area contributed by atoms with Gasteiger partial charge in [0.2, 0.25) is 0 Å². The third kappa shape index (κ3) is 3.39. The molecule has 0 bridgehead atoms. The van der Waals surface area contributed by atoms with E-state index >= 15 is 0 Å². The maximum atomic E-state index is 12.9. The second kappa shape index (κ2) is 7.48. The van der Waals surface area contributed by atoms with Crippen LogP contribution in [0.4, 0.5) is 0 Å². The molecule has 29 heavy (non-hydrogen) atoms. The van der Waals surface area contributed by atoms with Crippen molar-refractivity contribution in [3.05, 3.63) is 78.5 Å². The zero-order valence-electron chi connectivity index (χ0n) is 15.9. The van der Waals surface area contributed by atoms with E-state index in [-0.39, 0.29) is 5.91 Å². The molecule has 0 unspecified atom stereocenters. The molecular weight excluding hydrogens is 364 g/mol. The Bertz CT molecular complexity index is 1150. The first kappa shape index (κ1) is 17.6. The number of aromatic nitrogens is 3. The maximum Gasteiger partial charge on any atom is 0.274 e. The van der Waals surface area contributed by atoms with Crippen LogP contribution in [-0.4, -0.2) is 51.7 Å². The molecule has 5 rings (SSSR count). The number of carbonyl (C=O) groups is 1. The van der Waals surface area contributed by atoms with E-state index in [9.17, 15) is 4.79 Å². The molecule has 0 N–H and O–H groups in total. The van der Waals surface area contributed by atoms with Gasteiger partial charge in [0.15, 0.2) is 11.3 Å². The van der Waals surface area contributed by atoms with Gasteiger partial charge in [-0.25, -0.2) is 9.50 Å². The first-order valence-electron chi connectivity index (χ1n) is 9.68. The van der Waals surface area contributed by atoms with E-state index in [1.54, 1.807) is 15.5 Å². The molecule has 0 aliphatic carbocycles. The quantitative estimate of drug-likeness (QED) is 0.542. The van der Waals surface area contributed by atoms with Gasteiger partial charge in [-0.05, 0) is 6.07 Å². The zero-order valence-corrected chi connectivity index (χ0v) is 15.9. The smallest absolute Gasteiger partial charge is 0.274 e. The van der Waals surface area contributed by atoms with Crippen LogP contribution in [0.2, 0.25) is 0 Å². The van der Waals surface area contributed by atoms with Gasteiger partial charge < -0.3 is 9.64 Å². The molecule has 144 valence electrons. The largest absolute Gasteiger partial charge is 0.378 e. The number of carbonyl (C=O) groups excluding carboxylic acids is 1. The molecule has 1 fully saturated rings. The highest BCUT2D eigenvalue weighted by molar-refractivity contribution is 5.93. The molecule has 2 aromatic heterocycles. The minimum Gasteiger partial charge on any atom is -0.378 e. The Balaban J connectivity index is 1.65. The molecule has 6 nitrogen and oxygen atoms in total. The molecule has 3 heterocycles.